The number of nitrogens with one attached hydrogen (secondary N) is 1. The lowest BCUT2D eigenvalue weighted by molar-refractivity contribution is -0.116. The molecule has 1 amide bonds. The molecule has 0 fully saturated rings. The molecule has 0 aliphatic rings. The number of carbonyl (C=O) groups excluding carboxylic acids is 1. The van der Waals surface area contributed by atoms with Crippen LogP contribution in [0.15, 0.2) is 68.4 Å². The first-order valence-corrected chi connectivity index (χ1v) is 10.8. The maximum Gasteiger partial charge on any atom is 0.264 e. The van der Waals surface area contributed by atoms with Gasteiger partial charge in [0, 0.05) is 21.4 Å². The molecule has 162 valence electrons. The lowest BCUT2D eigenvalue weighted by Gasteiger charge is -2.13. The Labute approximate surface area is 193 Å². The van der Waals surface area contributed by atoms with Crippen molar-refractivity contribution in [2.24, 2.45) is 0 Å². The lowest BCUT2D eigenvalue weighted by atomic mass is 10.1. The van der Waals surface area contributed by atoms with Crippen LogP contribution in [0.4, 0.5) is 5.69 Å². The summed E-state index contributed by atoms with van der Waals surface area (Å²) in [6, 6.07) is 16.7. The zero-order valence-corrected chi connectivity index (χ0v) is 19.4. The van der Waals surface area contributed by atoms with Gasteiger partial charge in [-0.05, 0) is 56.2 Å². The molecular weight excluding hydrogens is 472 g/mol. The minimum Gasteiger partial charge on any atom is -0.333 e. The van der Waals surface area contributed by atoms with Crippen LogP contribution >= 0.6 is 15.9 Å². The van der Waals surface area contributed by atoms with Gasteiger partial charge in [0.2, 0.25) is 11.7 Å². The monoisotopic (exact) mass is 492 g/mol. The second-order valence-corrected chi connectivity index (χ2v) is 8.39. The van der Waals surface area contributed by atoms with Crippen LogP contribution in [0.1, 0.15) is 16.8 Å². The van der Waals surface area contributed by atoms with E-state index in [4.69, 9.17) is 4.52 Å². The van der Waals surface area contributed by atoms with E-state index < -0.39 is 0 Å². The summed E-state index contributed by atoms with van der Waals surface area (Å²) in [4.78, 5) is 30.4. The van der Waals surface area contributed by atoms with E-state index in [-0.39, 0.29) is 29.5 Å². The normalized spacial score (nSPS) is 10.9. The molecule has 1 N–H and O–H groups in total. The highest BCUT2D eigenvalue weighted by Gasteiger charge is 2.20. The molecular formula is C24H21BrN4O3. The molecule has 0 atom stereocenters. The predicted molar refractivity (Wildman–Crippen MR) is 126 cm³/mol. The number of pyridine rings is 1. The first-order chi connectivity index (χ1) is 15.3. The first kappa shape index (κ1) is 21.7. The summed E-state index contributed by atoms with van der Waals surface area (Å²) in [5, 5.41) is 6.85. The number of amides is 1. The predicted octanol–water partition coefficient (Wildman–Crippen LogP) is 4.89. The van der Waals surface area contributed by atoms with Crippen molar-refractivity contribution >= 4 is 27.5 Å². The van der Waals surface area contributed by atoms with Crippen molar-refractivity contribution in [3.05, 3.63) is 86.2 Å². The lowest BCUT2D eigenvalue weighted by Crippen LogP contribution is -2.30. The molecule has 4 aromatic rings. The summed E-state index contributed by atoms with van der Waals surface area (Å²) in [5.74, 6) is 0.223. The molecule has 0 saturated carbocycles. The van der Waals surface area contributed by atoms with Gasteiger partial charge in [-0.25, -0.2) is 0 Å². The Kier molecular flexibility index (Phi) is 6.05. The van der Waals surface area contributed by atoms with E-state index in [2.05, 4.69) is 31.4 Å². The van der Waals surface area contributed by atoms with E-state index in [0.29, 0.717) is 22.8 Å². The van der Waals surface area contributed by atoms with Gasteiger partial charge in [0.15, 0.2) is 0 Å². The standard InChI is InChI=1S/C24H21BrN4O3/c1-14-12-18(9-10-19(14)25)26-20(30)13-29-16(3)11-15(2)21(24(29)31)23-27-22(28-32-23)17-7-5-4-6-8-17/h4-12H,13H2,1-3H3,(H,26,30). The Bertz CT molecular complexity index is 1360. The molecule has 0 saturated heterocycles. The number of benzene rings is 2. The van der Waals surface area contributed by atoms with Gasteiger partial charge < -0.3 is 14.4 Å². The second kappa shape index (κ2) is 8.92. The molecule has 0 unspecified atom stereocenters. The van der Waals surface area contributed by atoms with Gasteiger partial charge in [0.1, 0.15) is 12.1 Å². The molecule has 2 aromatic carbocycles. The van der Waals surface area contributed by atoms with Gasteiger partial charge >= 0.3 is 0 Å². The van der Waals surface area contributed by atoms with E-state index in [9.17, 15) is 9.59 Å². The smallest absolute Gasteiger partial charge is 0.264 e. The maximum absolute atomic E-state index is 13.3. The summed E-state index contributed by atoms with van der Waals surface area (Å²) < 4.78 is 7.78. The molecule has 7 nitrogen and oxygen atoms in total. The van der Waals surface area contributed by atoms with Gasteiger partial charge in [-0.2, -0.15) is 4.98 Å². The molecule has 0 aliphatic heterocycles. The third-order valence-electron chi connectivity index (χ3n) is 5.12. The van der Waals surface area contributed by atoms with Gasteiger partial charge in [-0.15, -0.1) is 0 Å². The third-order valence-corrected chi connectivity index (χ3v) is 6.01. The number of nitrogens with zero attached hydrogens (tertiary/aromatic N) is 3. The summed E-state index contributed by atoms with van der Waals surface area (Å²) in [5.41, 5.74) is 3.76. The van der Waals surface area contributed by atoms with Crippen LogP contribution in [0, 0.1) is 20.8 Å². The third kappa shape index (κ3) is 4.40. The quantitative estimate of drug-likeness (QED) is 0.428. The molecule has 2 heterocycles. The number of aromatic nitrogens is 3. The summed E-state index contributed by atoms with van der Waals surface area (Å²) in [6.45, 7) is 5.41. The fourth-order valence-corrected chi connectivity index (χ4v) is 3.73. The first-order valence-electron chi connectivity index (χ1n) is 10.00. The minimum atomic E-state index is -0.354. The van der Waals surface area contributed by atoms with Crippen LogP contribution in [-0.4, -0.2) is 20.6 Å². The van der Waals surface area contributed by atoms with Crippen molar-refractivity contribution in [3.63, 3.8) is 0 Å². The number of hydrogen-bond acceptors (Lipinski definition) is 5. The highest BCUT2D eigenvalue weighted by atomic mass is 79.9. The van der Waals surface area contributed by atoms with Gasteiger partial charge in [-0.3, -0.25) is 9.59 Å². The highest BCUT2D eigenvalue weighted by Crippen LogP contribution is 2.23. The van der Waals surface area contributed by atoms with Crippen LogP contribution in [0.2, 0.25) is 0 Å². The number of anilines is 1. The van der Waals surface area contributed by atoms with Gasteiger partial charge in [0.05, 0.1) is 0 Å². The van der Waals surface area contributed by atoms with E-state index in [1.165, 1.54) is 4.57 Å². The van der Waals surface area contributed by atoms with Crippen LogP contribution in [0.5, 0.6) is 0 Å². The topological polar surface area (TPSA) is 90.0 Å². The van der Waals surface area contributed by atoms with Crippen molar-refractivity contribution in [2.75, 3.05) is 5.32 Å². The fourth-order valence-electron chi connectivity index (χ4n) is 3.48. The molecule has 2 aromatic heterocycles. The number of carbonyl (C=O) groups is 1. The van der Waals surface area contributed by atoms with E-state index in [0.717, 1.165) is 15.6 Å². The second-order valence-electron chi connectivity index (χ2n) is 7.54. The molecule has 8 heteroatoms. The van der Waals surface area contributed by atoms with Crippen molar-refractivity contribution in [1.82, 2.24) is 14.7 Å². The summed E-state index contributed by atoms with van der Waals surface area (Å²) in [7, 11) is 0. The zero-order chi connectivity index (χ0) is 22.8. The highest BCUT2D eigenvalue weighted by molar-refractivity contribution is 9.10. The van der Waals surface area contributed by atoms with Crippen molar-refractivity contribution in [3.8, 4) is 22.8 Å². The Morgan fingerprint density at radius 2 is 1.81 bits per heavy atom. The largest absolute Gasteiger partial charge is 0.333 e. The summed E-state index contributed by atoms with van der Waals surface area (Å²) in [6.07, 6.45) is 0. The number of halogens is 1. The Hall–Kier alpha value is -3.52. The molecule has 0 radical (unpaired) electrons. The van der Waals surface area contributed by atoms with Gasteiger partial charge in [0.25, 0.3) is 11.4 Å². The Morgan fingerprint density at radius 3 is 2.53 bits per heavy atom. The van der Waals surface area contributed by atoms with Crippen molar-refractivity contribution in [2.45, 2.75) is 27.3 Å². The van der Waals surface area contributed by atoms with E-state index in [1.807, 2.05) is 62.4 Å². The Balaban J connectivity index is 1.64. The molecule has 4 rings (SSSR count). The minimum absolute atomic E-state index is 0.129. The number of hydrogen-bond donors (Lipinski definition) is 1. The molecule has 0 bridgehead atoms. The average molecular weight is 493 g/mol. The zero-order valence-electron chi connectivity index (χ0n) is 17.8. The number of rotatable bonds is 5. The van der Waals surface area contributed by atoms with E-state index >= 15 is 0 Å². The van der Waals surface area contributed by atoms with Crippen molar-refractivity contribution < 1.29 is 9.32 Å². The van der Waals surface area contributed by atoms with Crippen molar-refractivity contribution in [1.29, 1.82) is 0 Å². The number of aryl methyl sites for hydroxylation is 3. The maximum atomic E-state index is 13.3. The van der Waals surface area contributed by atoms with E-state index in [1.54, 1.807) is 13.0 Å². The fraction of sp³-hybridized carbons (Fsp3) is 0.167. The Morgan fingerprint density at radius 1 is 1.06 bits per heavy atom. The molecule has 0 spiro atoms. The van der Waals surface area contributed by atoms with Crippen LogP contribution in [-0.2, 0) is 11.3 Å². The van der Waals surface area contributed by atoms with Gasteiger partial charge in [-0.1, -0.05) is 51.4 Å². The van der Waals surface area contributed by atoms with Crippen LogP contribution in [0.25, 0.3) is 22.8 Å². The molecule has 32 heavy (non-hydrogen) atoms. The van der Waals surface area contributed by atoms with Crippen LogP contribution < -0.4 is 10.9 Å². The average Bonchev–Trinajstić information content (AvgIpc) is 3.24. The molecule has 0 aliphatic carbocycles. The summed E-state index contributed by atoms with van der Waals surface area (Å²) >= 11 is 3.44. The SMILES string of the molecule is Cc1cc(NC(=O)Cn2c(C)cc(C)c(-c3nc(-c4ccccc4)no3)c2=O)ccc1Br. The van der Waals surface area contributed by atoms with Crippen LogP contribution in [0.3, 0.4) is 0 Å².